The molecule has 2 aromatic rings. The quantitative estimate of drug-likeness (QED) is 0.496. The molecule has 1 N–H and O–H groups in total. The molecule has 31 heavy (non-hydrogen) atoms. The van der Waals surface area contributed by atoms with Crippen LogP contribution in [0.15, 0.2) is 46.9 Å². The molecular formula is C23H28BrClN2O4. The van der Waals surface area contributed by atoms with Gasteiger partial charge in [0.15, 0.2) is 6.61 Å². The van der Waals surface area contributed by atoms with Crippen LogP contribution in [0.1, 0.15) is 32.8 Å². The first-order valence-electron chi connectivity index (χ1n) is 10.1. The van der Waals surface area contributed by atoms with Crippen molar-refractivity contribution in [2.45, 2.75) is 45.8 Å². The fourth-order valence-electron chi connectivity index (χ4n) is 2.83. The molecule has 8 heteroatoms. The minimum absolute atomic E-state index is 0.0185. The van der Waals surface area contributed by atoms with Crippen molar-refractivity contribution < 1.29 is 19.1 Å². The molecule has 0 saturated heterocycles. The van der Waals surface area contributed by atoms with E-state index < -0.39 is 6.04 Å². The summed E-state index contributed by atoms with van der Waals surface area (Å²) in [5, 5.41) is 3.50. The maximum atomic E-state index is 13.1. The second-order valence-electron chi connectivity index (χ2n) is 7.23. The molecule has 0 aliphatic carbocycles. The molecule has 0 aromatic heterocycles. The van der Waals surface area contributed by atoms with Crippen LogP contribution in [0.2, 0.25) is 5.02 Å². The summed E-state index contributed by atoms with van der Waals surface area (Å²) in [6.07, 6.45) is 0.802. The third kappa shape index (κ3) is 7.43. The number of hydrogen-bond donors (Lipinski definition) is 1. The Labute approximate surface area is 197 Å². The molecule has 2 rings (SSSR count). The molecule has 2 aromatic carbocycles. The Morgan fingerprint density at radius 3 is 2.58 bits per heavy atom. The van der Waals surface area contributed by atoms with Gasteiger partial charge in [-0.3, -0.25) is 9.59 Å². The zero-order valence-electron chi connectivity index (χ0n) is 18.2. The SMILES string of the molecule is CC[C@H](C)NC(=O)[C@@H](C)N(Cc1cccc(OC)c1)C(=O)COc1ccc(Cl)cc1Br. The topological polar surface area (TPSA) is 67.9 Å². The molecule has 0 saturated carbocycles. The van der Waals surface area contributed by atoms with Crippen LogP contribution in [0, 0.1) is 0 Å². The van der Waals surface area contributed by atoms with Crippen molar-refractivity contribution in [1.29, 1.82) is 0 Å². The average Bonchev–Trinajstić information content (AvgIpc) is 2.76. The van der Waals surface area contributed by atoms with E-state index in [0.29, 0.717) is 21.0 Å². The maximum absolute atomic E-state index is 13.1. The molecule has 168 valence electrons. The Morgan fingerprint density at radius 1 is 1.19 bits per heavy atom. The molecule has 0 unspecified atom stereocenters. The van der Waals surface area contributed by atoms with Crippen molar-refractivity contribution in [3.8, 4) is 11.5 Å². The van der Waals surface area contributed by atoms with Crippen LogP contribution < -0.4 is 14.8 Å². The Kier molecular flexibility index (Phi) is 9.65. The highest BCUT2D eigenvalue weighted by Crippen LogP contribution is 2.28. The van der Waals surface area contributed by atoms with Gasteiger partial charge in [-0.05, 0) is 72.1 Å². The monoisotopic (exact) mass is 510 g/mol. The number of benzene rings is 2. The van der Waals surface area contributed by atoms with Crippen LogP contribution in [-0.2, 0) is 16.1 Å². The molecule has 0 spiro atoms. The Hall–Kier alpha value is -2.25. The lowest BCUT2D eigenvalue weighted by atomic mass is 10.1. The van der Waals surface area contributed by atoms with Gasteiger partial charge in [0.05, 0.1) is 11.6 Å². The molecular weight excluding hydrogens is 484 g/mol. The van der Waals surface area contributed by atoms with Gasteiger partial charge in [0.25, 0.3) is 5.91 Å². The van der Waals surface area contributed by atoms with Gasteiger partial charge in [-0.2, -0.15) is 0 Å². The minimum Gasteiger partial charge on any atom is -0.497 e. The van der Waals surface area contributed by atoms with Crippen LogP contribution in [0.3, 0.4) is 0 Å². The van der Waals surface area contributed by atoms with Crippen molar-refractivity contribution in [1.82, 2.24) is 10.2 Å². The Balaban J connectivity index is 2.20. The summed E-state index contributed by atoms with van der Waals surface area (Å²) in [6.45, 7) is 5.67. The minimum atomic E-state index is -0.676. The van der Waals surface area contributed by atoms with Gasteiger partial charge in [0.1, 0.15) is 17.5 Å². The number of rotatable bonds is 10. The van der Waals surface area contributed by atoms with E-state index in [2.05, 4.69) is 21.2 Å². The molecule has 0 bridgehead atoms. The van der Waals surface area contributed by atoms with E-state index in [-0.39, 0.29) is 31.0 Å². The first-order chi connectivity index (χ1) is 14.7. The van der Waals surface area contributed by atoms with Crippen LogP contribution in [0.25, 0.3) is 0 Å². The van der Waals surface area contributed by atoms with Crippen molar-refractivity contribution in [3.05, 3.63) is 57.5 Å². The smallest absolute Gasteiger partial charge is 0.261 e. The molecule has 0 fully saturated rings. The first-order valence-corrected chi connectivity index (χ1v) is 11.2. The molecule has 0 aliphatic rings. The third-order valence-corrected chi connectivity index (χ3v) is 5.76. The summed E-state index contributed by atoms with van der Waals surface area (Å²) in [5.41, 5.74) is 0.851. The van der Waals surface area contributed by atoms with Crippen LogP contribution in [-0.4, -0.2) is 42.5 Å². The van der Waals surface area contributed by atoms with E-state index in [4.69, 9.17) is 21.1 Å². The summed E-state index contributed by atoms with van der Waals surface area (Å²) in [4.78, 5) is 27.4. The number of halogens is 2. The van der Waals surface area contributed by atoms with Gasteiger partial charge in [-0.25, -0.2) is 0 Å². The normalized spacial score (nSPS) is 12.6. The highest BCUT2D eigenvalue weighted by Gasteiger charge is 2.27. The second-order valence-corrected chi connectivity index (χ2v) is 8.52. The lowest BCUT2D eigenvalue weighted by Gasteiger charge is -2.29. The summed E-state index contributed by atoms with van der Waals surface area (Å²) in [7, 11) is 1.59. The van der Waals surface area contributed by atoms with E-state index in [1.165, 1.54) is 4.90 Å². The third-order valence-electron chi connectivity index (χ3n) is 4.90. The zero-order chi connectivity index (χ0) is 23.0. The lowest BCUT2D eigenvalue weighted by molar-refractivity contribution is -0.142. The molecule has 0 heterocycles. The summed E-state index contributed by atoms with van der Waals surface area (Å²) < 4.78 is 11.6. The highest BCUT2D eigenvalue weighted by atomic mass is 79.9. The summed E-state index contributed by atoms with van der Waals surface area (Å²) in [6, 6.07) is 11.8. The fourth-order valence-corrected chi connectivity index (χ4v) is 3.63. The molecule has 2 atom stereocenters. The van der Waals surface area contributed by atoms with E-state index in [1.807, 2.05) is 38.1 Å². The van der Waals surface area contributed by atoms with E-state index in [9.17, 15) is 9.59 Å². The summed E-state index contributed by atoms with van der Waals surface area (Å²) >= 11 is 9.34. The van der Waals surface area contributed by atoms with Gasteiger partial charge in [0, 0.05) is 17.6 Å². The predicted molar refractivity (Wildman–Crippen MR) is 126 cm³/mol. The van der Waals surface area contributed by atoms with E-state index in [0.717, 1.165) is 12.0 Å². The first kappa shape index (κ1) is 25.0. The molecule has 6 nitrogen and oxygen atoms in total. The maximum Gasteiger partial charge on any atom is 0.261 e. The van der Waals surface area contributed by atoms with Gasteiger partial charge in [-0.15, -0.1) is 0 Å². The molecule has 0 aliphatic heterocycles. The molecule has 0 radical (unpaired) electrons. The number of nitrogens with one attached hydrogen (secondary N) is 1. The van der Waals surface area contributed by atoms with E-state index >= 15 is 0 Å². The number of amides is 2. The van der Waals surface area contributed by atoms with Crippen molar-refractivity contribution in [2.24, 2.45) is 0 Å². The largest absolute Gasteiger partial charge is 0.497 e. The number of methoxy groups -OCH3 is 1. The lowest BCUT2D eigenvalue weighted by Crippen LogP contribution is -2.50. The van der Waals surface area contributed by atoms with Gasteiger partial charge >= 0.3 is 0 Å². The van der Waals surface area contributed by atoms with Crippen molar-refractivity contribution >= 4 is 39.3 Å². The predicted octanol–water partition coefficient (Wildman–Crippen LogP) is 4.82. The summed E-state index contributed by atoms with van der Waals surface area (Å²) in [5.74, 6) is 0.661. The zero-order valence-corrected chi connectivity index (χ0v) is 20.5. The van der Waals surface area contributed by atoms with Crippen molar-refractivity contribution in [2.75, 3.05) is 13.7 Å². The van der Waals surface area contributed by atoms with Gasteiger partial charge < -0.3 is 19.7 Å². The Morgan fingerprint density at radius 2 is 1.94 bits per heavy atom. The average molecular weight is 512 g/mol. The number of hydrogen-bond acceptors (Lipinski definition) is 4. The highest BCUT2D eigenvalue weighted by molar-refractivity contribution is 9.10. The van der Waals surface area contributed by atoms with Gasteiger partial charge in [-0.1, -0.05) is 30.7 Å². The standard InChI is InChI=1S/C23H28BrClN2O4/c1-5-15(2)26-23(29)16(3)27(13-17-7-6-8-19(11-17)30-4)22(28)14-31-21-10-9-18(25)12-20(21)24/h6-12,15-16H,5,13-14H2,1-4H3,(H,26,29)/t15-,16+/m0/s1. The van der Waals surface area contributed by atoms with Crippen LogP contribution >= 0.6 is 27.5 Å². The van der Waals surface area contributed by atoms with Crippen LogP contribution in [0.4, 0.5) is 0 Å². The number of ether oxygens (including phenoxy) is 2. The number of carbonyl (C=O) groups is 2. The molecule has 2 amide bonds. The second kappa shape index (κ2) is 12.0. The van der Waals surface area contributed by atoms with Gasteiger partial charge in [0.2, 0.25) is 5.91 Å². The Bertz CT molecular complexity index is 909. The van der Waals surface area contributed by atoms with Crippen molar-refractivity contribution in [3.63, 3.8) is 0 Å². The van der Waals surface area contributed by atoms with Crippen LogP contribution in [0.5, 0.6) is 11.5 Å². The number of nitrogens with zero attached hydrogens (tertiary/aromatic N) is 1. The fraction of sp³-hybridized carbons (Fsp3) is 0.391. The number of carbonyl (C=O) groups excluding carboxylic acids is 2. The van der Waals surface area contributed by atoms with E-state index in [1.54, 1.807) is 32.2 Å².